The van der Waals surface area contributed by atoms with Gasteiger partial charge in [0.1, 0.15) is 5.75 Å². The quantitative estimate of drug-likeness (QED) is 0.621. The van der Waals surface area contributed by atoms with Crippen LogP contribution in [-0.2, 0) is 0 Å². The Bertz CT molecular complexity index is 1090. The topological polar surface area (TPSA) is 76.5 Å². The third kappa shape index (κ3) is 5.06. The van der Waals surface area contributed by atoms with E-state index in [4.69, 9.17) is 4.74 Å². The summed E-state index contributed by atoms with van der Waals surface area (Å²) in [6.07, 6.45) is 5.11. The van der Waals surface area contributed by atoms with Gasteiger partial charge in [-0.3, -0.25) is 14.5 Å². The fourth-order valence-corrected chi connectivity index (χ4v) is 4.08. The highest BCUT2D eigenvalue weighted by Gasteiger charge is 2.24. The average Bonchev–Trinajstić information content (AvgIpc) is 2.86. The summed E-state index contributed by atoms with van der Waals surface area (Å²) in [7, 11) is 1.60. The molecular weight excluding hydrogens is 404 g/mol. The summed E-state index contributed by atoms with van der Waals surface area (Å²) >= 11 is 0. The van der Waals surface area contributed by atoms with Gasteiger partial charge in [0.05, 0.1) is 18.8 Å². The first-order chi connectivity index (χ1) is 15.7. The number of hydrogen-bond acceptors (Lipinski definition) is 5. The molecule has 32 heavy (non-hydrogen) atoms. The van der Waals surface area contributed by atoms with Crippen molar-refractivity contribution in [2.45, 2.75) is 25.3 Å². The average molecular weight is 433 g/mol. The first kappa shape index (κ1) is 21.8. The Kier molecular flexibility index (Phi) is 6.97. The summed E-state index contributed by atoms with van der Waals surface area (Å²) < 4.78 is 6.70. The second-order valence-electron chi connectivity index (χ2n) is 7.90. The van der Waals surface area contributed by atoms with Gasteiger partial charge in [0, 0.05) is 18.8 Å². The Balaban J connectivity index is 1.52. The molecule has 1 aliphatic heterocycles. The van der Waals surface area contributed by atoms with Gasteiger partial charge < -0.3 is 10.1 Å². The number of nitrogens with zero attached hydrogens (tertiary/aromatic N) is 3. The van der Waals surface area contributed by atoms with Crippen LogP contribution in [0, 0.1) is 0 Å². The van der Waals surface area contributed by atoms with Crippen LogP contribution in [0.4, 0.5) is 0 Å². The van der Waals surface area contributed by atoms with Gasteiger partial charge in [-0.15, -0.1) is 0 Å². The highest BCUT2D eigenvalue weighted by molar-refractivity contribution is 5.92. The molecule has 166 valence electrons. The number of hydrogen-bond donors (Lipinski definition) is 1. The normalized spacial score (nSPS) is 15.2. The van der Waals surface area contributed by atoms with Crippen LogP contribution < -0.4 is 15.5 Å². The summed E-state index contributed by atoms with van der Waals surface area (Å²) in [4.78, 5) is 27.7. The van der Waals surface area contributed by atoms with Gasteiger partial charge in [-0.1, -0.05) is 36.8 Å². The molecule has 1 N–H and O–H groups in total. The molecule has 7 heteroatoms. The zero-order chi connectivity index (χ0) is 22.3. The number of benzene rings is 2. The monoisotopic (exact) mass is 432 g/mol. The molecule has 1 fully saturated rings. The Morgan fingerprint density at radius 3 is 2.44 bits per heavy atom. The van der Waals surface area contributed by atoms with E-state index in [2.05, 4.69) is 27.4 Å². The van der Waals surface area contributed by atoms with Crippen LogP contribution in [0.1, 0.15) is 41.4 Å². The van der Waals surface area contributed by atoms with Crippen molar-refractivity contribution in [1.82, 2.24) is 20.0 Å². The minimum Gasteiger partial charge on any atom is -0.497 e. The van der Waals surface area contributed by atoms with Crippen molar-refractivity contribution in [1.29, 1.82) is 0 Å². The summed E-state index contributed by atoms with van der Waals surface area (Å²) in [6.45, 7) is 2.42. The van der Waals surface area contributed by atoms with Crippen molar-refractivity contribution in [3.63, 3.8) is 0 Å². The fraction of sp³-hybridized carbons (Fsp3) is 0.320. The van der Waals surface area contributed by atoms with Crippen LogP contribution in [0.5, 0.6) is 5.75 Å². The highest BCUT2D eigenvalue weighted by atomic mass is 16.5. The summed E-state index contributed by atoms with van der Waals surface area (Å²) in [5.74, 6) is 0.258. The number of rotatable bonds is 7. The molecule has 0 bridgehead atoms. The van der Waals surface area contributed by atoms with E-state index in [0.717, 1.165) is 42.9 Å². The van der Waals surface area contributed by atoms with E-state index in [-0.39, 0.29) is 11.7 Å². The molecule has 1 unspecified atom stereocenters. The zero-order valence-electron chi connectivity index (χ0n) is 18.2. The van der Waals surface area contributed by atoms with Gasteiger partial charge >= 0.3 is 0 Å². The van der Waals surface area contributed by atoms with Gasteiger partial charge in [-0.2, -0.15) is 5.10 Å². The van der Waals surface area contributed by atoms with Gasteiger partial charge in [0.25, 0.3) is 5.91 Å². The minimum atomic E-state index is -0.462. The van der Waals surface area contributed by atoms with Crippen LogP contribution in [-0.4, -0.2) is 47.3 Å². The van der Waals surface area contributed by atoms with E-state index in [0.29, 0.717) is 6.54 Å². The van der Waals surface area contributed by atoms with E-state index >= 15 is 0 Å². The molecule has 3 aromatic rings. The predicted octanol–water partition coefficient (Wildman–Crippen LogP) is 3.20. The highest BCUT2D eigenvalue weighted by Crippen LogP contribution is 2.24. The number of nitrogens with one attached hydrogen (secondary N) is 1. The third-order valence-corrected chi connectivity index (χ3v) is 5.83. The maximum atomic E-state index is 12.9. The van der Waals surface area contributed by atoms with E-state index in [1.807, 2.05) is 30.3 Å². The first-order valence-corrected chi connectivity index (χ1v) is 11.0. The van der Waals surface area contributed by atoms with E-state index in [1.165, 1.54) is 17.2 Å². The van der Waals surface area contributed by atoms with Crippen LogP contribution >= 0.6 is 0 Å². The number of carbonyl (C=O) groups excluding carboxylic acids is 1. The molecule has 0 saturated carbocycles. The number of carbonyl (C=O) groups is 1. The minimum absolute atomic E-state index is 0.0629. The lowest BCUT2D eigenvalue weighted by Crippen LogP contribution is -2.41. The van der Waals surface area contributed by atoms with Crippen molar-refractivity contribution in [3.8, 4) is 11.4 Å². The van der Waals surface area contributed by atoms with E-state index in [9.17, 15) is 9.59 Å². The molecule has 2 heterocycles. The summed E-state index contributed by atoms with van der Waals surface area (Å²) in [5.41, 5.74) is 1.37. The molecule has 0 radical (unpaired) electrons. The molecule has 0 spiro atoms. The smallest absolute Gasteiger partial charge is 0.275 e. The van der Waals surface area contributed by atoms with Crippen molar-refractivity contribution < 1.29 is 9.53 Å². The van der Waals surface area contributed by atoms with Crippen LogP contribution in [0.15, 0.2) is 71.7 Å². The predicted molar refractivity (Wildman–Crippen MR) is 123 cm³/mol. The largest absolute Gasteiger partial charge is 0.497 e. The number of likely N-dealkylation sites (tertiary alicyclic amines) is 1. The molecule has 2 aromatic carbocycles. The summed E-state index contributed by atoms with van der Waals surface area (Å²) in [5, 5.41) is 7.26. The lowest BCUT2D eigenvalue weighted by Gasteiger charge is -2.35. The lowest BCUT2D eigenvalue weighted by molar-refractivity contribution is 0.0916. The Morgan fingerprint density at radius 2 is 1.75 bits per heavy atom. The summed E-state index contributed by atoms with van der Waals surface area (Å²) in [6, 6.07) is 18.9. The van der Waals surface area contributed by atoms with E-state index < -0.39 is 11.3 Å². The van der Waals surface area contributed by atoms with Crippen LogP contribution in [0.25, 0.3) is 5.69 Å². The van der Waals surface area contributed by atoms with Crippen LogP contribution in [0.2, 0.25) is 0 Å². The molecule has 1 amide bonds. The molecule has 1 aliphatic rings. The number of amides is 1. The number of piperidine rings is 1. The molecule has 0 aliphatic carbocycles. The molecule has 7 nitrogen and oxygen atoms in total. The van der Waals surface area contributed by atoms with Crippen molar-refractivity contribution in [2.75, 3.05) is 26.7 Å². The zero-order valence-corrected chi connectivity index (χ0v) is 18.2. The van der Waals surface area contributed by atoms with Gasteiger partial charge in [0.2, 0.25) is 5.43 Å². The Labute approximate surface area is 187 Å². The number of ether oxygens (including phenoxy) is 1. The SMILES string of the molecule is COc1ccc(-n2ccc(=O)c(C(=O)NCC(c3ccccc3)N3CCCCC3)n2)cc1. The van der Waals surface area contributed by atoms with Gasteiger partial charge in [-0.25, -0.2) is 4.68 Å². The van der Waals surface area contributed by atoms with Crippen molar-refractivity contribution >= 4 is 5.91 Å². The lowest BCUT2D eigenvalue weighted by atomic mass is 10.0. The van der Waals surface area contributed by atoms with Crippen molar-refractivity contribution in [3.05, 3.63) is 88.3 Å². The second kappa shape index (κ2) is 10.2. The number of aromatic nitrogens is 2. The standard InChI is InChI=1S/C25H28N4O3/c1-32-21-12-10-20(11-13-21)29-17-14-23(30)24(27-29)25(31)26-18-22(19-8-4-2-5-9-19)28-15-6-3-7-16-28/h2,4-5,8-14,17,22H,3,6-7,15-16,18H2,1H3,(H,26,31). The Hall–Kier alpha value is -3.45. The molecule has 4 rings (SSSR count). The van der Waals surface area contributed by atoms with Crippen LogP contribution in [0.3, 0.4) is 0 Å². The second-order valence-corrected chi connectivity index (χ2v) is 7.90. The first-order valence-electron chi connectivity index (χ1n) is 11.0. The van der Waals surface area contributed by atoms with Gasteiger partial charge in [-0.05, 0) is 55.8 Å². The molecule has 1 aromatic heterocycles. The van der Waals surface area contributed by atoms with Gasteiger partial charge in [0.15, 0.2) is 5.69 Å². The maximum absolute atomic E-state index is 12.9. The molecular formula is C25H28N4O3. The van der Waals surface area contributed by atoms with E-state index in [1.54, 1.807) is 25.4 Å². The maximum Gasteiger partial charge on any atom is 0.275 e. The molecule has 1 saturated heterocycles. The third-order valence-electron chi connectivity index (χ3n) is 5.83. The fourth-order valence-electron chi connectivity index (χ4n) is 4.08. The van der Waals surface area contributed by atoms with Crippen molar-refractivity contribution in [2.24, 2.45) is 0 Å². The number of methoxy groups -OCH3 is 1. The Morgan fingerprint density at radius 1 is 1.03 bits per heavy atom. The molecule has 1 atom stereocenters.